The van der Waals surface area contributed by atoms with Crippen LogP contribution in [-0.4, -0.2) is 30.8 Å². The summed E-state index contributed by atoms with van der Waals surface area (Å²) < 4.78 is 17.2. The summed E-state index contributed by atoms with van der Waals surface area (Å²) in [7, 11) is 0. The van der Waals surface area contributed by atoms with Gasteiger partial charge in [-0.15, -0.1) is 5.41 Å². The molecule has 2 N–H and O–H groups in total. The number of amides is 1. The van der Waals surface area contributed by atoms with E-state index in [-0.39, 0.29) is 121 Å². The van der Waals surface area contributed by atoms with Gasteiger partial charge in [0.2, 0.25) is 0 Å². The van der Waals surface area contributed by atoms with E-state index in [4.69, 9.17) is 15.7 Å². The number of primary amides is 1. The van der Waals surface area contributed by atoms with Crippen molar-refractivity contribution in [3.8, 4) is 0 Å². The van der Waals surface area contributed by atoms with Crippen LogP contribution in [0.5, 0.6) is 0 Å². The maximum atomic E-state index is 8.75. The molecule has 0 radical (unpaired) electrons. The first-order valence-corrected chi connectivity index (χ1v) is 6.00. The Labute approximate surface area is 213 Å². The molecule has 0 aromatic rings. The SMILES string of the molecule is [2H]N[C-]=O.[CH2-]C(C)(COC(C)(C)C)COC(C)(C)C.[H-].[K+].[K+]. The normalized spacial score (nSPS) is 11.9. The summed E-state index contributed by atoms with van der Waals surface area (Å²) in [6.45, 7) is 19.7. The fourth-order valence-corrected chi connectivity index (χ4v) is 0.823. The van der Waals surface area contributed by atoms with Crippen LogP contribution in [0.2, 0.25) is 1.41 Å². The topological polar surface area (TPSA) is 61.6 Å². The molecule has 112 valence electrons. The van der Waals surface area contributed by atoms with Crippen LogP contribution in [0.4, 0.5) is 0 Å². The molecule has 0 saturated carbocycles. The first kappa shape index (κ1) is 27.5. The Bertz CT molecular complexity index is 235. The minimum Gasteiger partial charge on any atom is -1.00 e. The van der Waals surface area contributed by atoms with Crippen molar-refractivity contribution >= 4 is 6.41 Å². The van der Waals surface area contributed by atoms with Crippen LogP contribution in [0.3, 0.4) is 0 Å². The predicted octanol–water partition coefficient (Wildman–Crippen LogP) is -3.41. The third kappa shape index (κ3) is 28.8. The molecule has 0 aliphatic heterocycles. The molecule has 0 aromatic carbocycles. The van der Waals surface area contributed by atoms with Gasteiger partial charge in [-0.25, -0.2) is 0 Å². The zero-order valence-corrected chi connectivity index (χ0v) is 21.1. The molecular formula is C14H30K2NO3-. The van der Waals surface area contributed by atoms with Crippen molar-refractivity contribution < 1.29 is 120 Å². The van der Waals surface area contributed by atoms with Gasteiger partial charge < -0.3 is 28.3 Å². The van der Waals surface area contributed by atoms with Gasteiger partial charge in [-0.2, -0.15) is 6.41 Å². The zero-order valence-electron chi connectivity index (χ0n) is 16.8. The fourth-order valence-electron chi connectivity index (χ4n) is 0.823. The zero-order chi connectivity index (χ0) is 15.7. The van der Waals surface area contributed by atoms with E-state index in [2.05, 4.69) is 13.8 Å². The Balaban J connectivity index is -0.000000123. The molecule has 0 spiro atoms. The van der Waals surface area contributed by atoms with Crippen LogP contribution in [0.15, 0.2) is 0 Å². The molecule has 0 aliphatic rings. The van der Waals surface area contributed by atoms with E-state index in [1.54, 1.807) is 0 Å². The van der Waals surface area contributed by atoms with Crippen molar-refractivity contribution in [2.75, 3.05) is 13.2 Å². The van der Waals surface area contributed by atoms with Crippen molar-refractivity contribution in [2.24, 2.45) is 11.1 Å². The largest absolute Gasteiger partial charge is 1.00 e. The standard InChI is InChI=1S/C13H27O2.CH2NO.2K.H/c1-11(2,3)14-9-13(7,8)10-15-12(4,5)6;2-1-3;;;/h7,9-10H2,1-6,8H3;(H2,2,3);;;/q2*-1;2*+1;-1/i/hD. The molecule has 0 saturated heterocycles. The van der Waals surface area contributed by atoms with Crippen LogP contribution in [0, 0.1) is 12.3 Å². The molecular weight excluding hydrogens is 308 g/mol. The maximum Gasteiger partial charge on any atom is 1.00 e. The van der Waals surface area contributed by atoms with Gasteiger partial charge in [0.25, 0.3) is 0 Å². The Kier molecular flexibility index (Phi) is 19.3. The van der Waals surface area contributed by atoms with Gasteiger partial charge >= 0.3 is 103 Å². The molecule has 20 heavy (non-hydrogen) atoms. The van der Waals surface area contributed by atoms with Gasteiger partial charge in [0.1, 0.15) is 1.41 Å². The Hall–Kier alpha value is 2.66. The summed E-state index contributed by atoms with van der Waals surface area (Å²) in [5, 5.41) is 0. The van der Waals surface area contributed by atoms with E-state index in [9.17, 15) is 0 Å². The van der Waals surface area contributed by atoms with Crippen LogP contribution in [0.25, 0.3) is 0 Å². The molecule has 0 aromatic heterocycles. The minimum atomic E-state index is -0.180. The number of hydrogen-bond donors (Lipinski definition) is 1. The van der Waals surface area contributed by atoms with Crippen molar-refractivity contribution in [3.63, 3.8) is 0 Å². The summed E-state index contributed by atoms with van der Waals surface area (Å²) in [6, 6.07) is 0. The van der Waals surface area contributed by atoms with Crippen molar-refractivity contribution in [2.45, 2.75) is 59.7 Å². The average Bonchev–Trinajstić information content (AvgIpc) is 2.23. The van der Waals surface area contributed by atoms with E-state index in [0.717, 1.165) is 6.41 Å². The molecule has 4 nitrogen and oxygen atoms in total. The third-order valence-electron chi connectivity index (χ3n) is 1.71. The number of ether oxygens (including phenoxy) is 2. The molecule has 0 heterocycles. The summed E-state index contributed by atoms with van der Waals surface area (Å²) in [4.78, 5) is 8.75. The van der Waals surface area contributed by atoms with Crippen LogP contribution in [0.1, 0.15) is 49.9 Å². The maximum absolute atomic E-state index is 8.75. The molecule has 1 amide bonds. The number of hydrogen-bond acceptors (Lipinski definition) is 3. The Morgan fingerprint density at radius 2 is 1.30 bits per heavy atom. The van der Waals surface area contributed by atoms with E-state index in [1.165, 1.54) is 5.73 Å². The van der Waals surface area contributed by atoms with Crippen molar-refractivity contribution in [1.82, 2.24) is 0 Å². The molecule has 0 rings (SSSR count). The van der Waals surface area contributed by atoms with Crippen LogP contribution < -0.4 is 108 Å². The monoisotopic (exact) mass is 339 g/mol. The van der Waals surface area contributed by atoms with Gasteiger partial charge in [0, 0.05) is 13.2 Å². The van der Waals surface area contributed by atoms with Gasteiger partial charge in [0.05, 0.1) is 11.2 Å². The van der Waals surface area contributed by atoms with E-state index in [0.29, 0.717) is 13.2 Å². The smallest absolute Gasteiger partial charge is 1.00 e. The number of carbonyl (C=O) groups excluding carboxylic acids is 1. The summed E-state index contributed by atoms with van der Waals surface area (Å²) in [5.74, 6) is 0. The fraction of sp³-hybridized carbons (Fsp3) is 0.857. The number of nitrogens with two attached hydrogens (primary N) is 1. The Morgan fingerprint density at radius 3 is 1.45 bits per heavy atom. The van der Waals surface area contributed by atoms with Gasteiger partial charge in [-0.3, -0.25) is 0 Å². The van der Waals surface area contributed by atoms with Crippen LogP contribution in [-0.2, 0) is 14.3 Å². The summed E-state index contributed by atoms with van der Waals surface area (Å²) >= 11 is 0. The predicted molar refractivity (Wildman–Crippen MR) is 75.9 cm³/mol. The second kappa shape index (κ2) is 14.0. The Morgan fingerprint density at radius 1 is 1.05 bits per heavy atom. The molecule has 0 unspecified atom stereocenters. The summed E-state index contributed by atoms with van der Waals surface area (Å²) in [5.41, 5.74) is 0.974. The van der Waals surface area contributed by atoms with Gasteiger partial charge in [0.15, 0.2) is 0 Å². The van der Waals surface area contributed by atoms with E-state index in [1.807, 2.05) is 41.5 Å². The van der Waals surface area contributed by atoms with Gasteiger partial charge in [-0.05, 0) is 41.5 Å². The second-order valence-corrected chi connectivity index (χ2v) is 6.71. The van der Waals surface area contributed by atoms with Gasteiger partial charge in [-0.1, -0.05) is 6.92 Å². The molecule has 0 fully saturated rings. The quantitative estimate of drug-likeness (QED) is 0.323. The summed E-state index contributed by atoms with van der Waals surface area (Å²) in [6.07, 6.45) is 1.10. The van der Waals surface area contributed by atoms with E-state index >= 15 is 0 Å². The molecule has 0 bridgehead atoms. The third-order valence-corrected chi connectivity index (χ3v) is 1.71. The minimum absolute atomic E-state index is 0. The first-order valence-electron chi connectivity index (χ1n) is 6.50. The van der Waals surface area contributed by atoms with Crippen molar-refractivity contribution in [3.05, 3.63) is 6.92 Å². The molecule has 0 atom stereocenters. The molecule has 6 heteroatoms. The first-order chi connectivity index (χ1) is 8.33. The average molecular weight is 340 g/mol. The second-order valence-electron chi connectivity index (χ2n) is 6.71. The van der Waals surface area contributed by atoms with E-state index < -0.39 is 0 Å². The molecule has 0 aliphatic carbocycles. The van der Waals surface area contributed by atoms with Crippen molar-refractivity contribution in [1.29, 1.82) is 0 Å². The number of rotatable bonds is 5. The van der Waals surface area contributed by atoms with Crippen LogP contribution >= 0.6 is 0 Å².